The topological polar surface area (TPSA) is 75.3 Å². The molecule has 0 fully saturated rings. The third-order valence-electron chi connectivity index (χ3n) is 1.79. The molecule has 0 rings (SSSR count). The second-order valence-electron chi connectivity index (χ2n) is 4.17. The summed E-state index contributed by atoms with van der Waals surface area (Å²) in [4.78, 5) is 10.4. The lowest BCUT2D eigenvalue weighted by molar-refractivity contribution is -0.138. The molecular formula is C9H22N2O2S. The molecule has 0 aliphatic carbocycles. The summed E-state index contributed by atoms with van der Waals surface area (Å²) in [7, 11) is -0.639. The Morgan fingerprint density at radius 1 is 1.43 bits per heavy atom. The zero-order valence-corrected chi connectivity index (χ0v) is 10.1. The highest BCUT2D eigenvalue weighted by Gasteiger charge is 2.10. The molecule has 0 bridgehead atoms. The van der Waals surface area contributed by atoms with Gasteiger partial charge in [-0.3, -0.25) is 9.52 Å². The van der Waals surface area contributed by atoms with Crippen LogP contribution in [0.4, 0.5) is 0 Å². The first kappa shape index (κ1) is 13.7. The first-order chi connectivity index (χ1) is 6.33. The maximum Gasteiger partial charge on any atom is 0.320 e. The Labute approximate surface area is 87.7 Å². The van der Waals surface area contributed by atoms with Gasteiger partial charge in [-0.25, -0.2) is 0 Å². The highest BCUT2D eigenvalue weighted by Crippen LogP contribution is 2.28. The van der Waals surface area contributed by atoms with Gasteiger partial charge in [-0.05, 0) is 31.6 Å². The van der Waals surface area contributed by atoms with Crippen LogP contribution >= 0.6 is 10.2 Å². The van der Waals surface area contributed by atoms with E-state index < -0.39 is 22.2 Å². The van der Waals surface area contributed by atoms with Gasteiger partial charge in [0.05, 0.1) is 0 Å². The molecule has 1 atom stereocenters. The summed E-state index contributed by atoms with van der Waals surface area (Å²) in [5.74, 6) is -0.903. The average Bonchev–Trinajstić information content (AvgIpc) is 2.01. The summed E-state index contributed by atoms with van der Waals surface area (Å²) in [6, 6.07) is -0.697. The fraction of sp³-hybridized carbons (Fsp3) is 0.889. The van der Waals surface area contributed by atoms with Gasteiger partial charge in [-0.1, -0.05) is 6.42 Å². The second kappa shape index (κ2) is 6.27. The Morgan fingerprint density at radius 3 is 2.43 bits per heavy atom. The van der Waals surface area contributed by atoms with Crippen LogP contribution in [-0.4, -0.2) is 42.4 Å². The lowest BCUT2D eigenvalue weighted by atomic mass is 10.1. The fourth-order valence-electron chi connectivity index (χ4n) is 0.991. The molecule has 0 amide bonds. The zero-order chi connectivity index (χ0) is 11.2. The fourth-order valence-corrected chi connectivity index (χ4v) is 1.75. The largest absolute Gasteiger partial charge is 0.480 e. The van der Waals surface area contributed by atoms with E-state index in [1.807, 2.05) is 0 Å². The summed E-state index contributed by atoms with van der Waals surface area (Å²) in [5.41, 5.74) is 5.37. The minimum atomic E-state index is -0.903. The van der Waals surface area contributed by atoms with Crippen molar-refractivity contribution in [2.45, 2.75) is 25.3 Å². The predicted molar refractivity (Wildman–Crippen MR) is 62.8 cm³/mol. The zero-order valence-electron chi connectivity index (χ0n) is 9.25. The molecule has 5 heteroatoms. The SMILES string of the molecule is CS(C)(C)NCCCCC(N)C(=O)O. The minimum Gasteiger partial charge on any atom is -0.480 e. The van der Waals surface area contributed by atoms with E-state index in [-0.39, 0.29) is 0 Å². The number of nitrogens with one attached hydrogen (secondary N) is 1. The van der Waals surface area contributed by atoms with Crippen molar-refractivity contribution in [1.82, 2.24) is 4.72 Å². The number of hydrogen-bond donors (Lipinski definition) is 3. The second-order valence-corrected chi connectivity index (χ2v) is 8.13. The quantitative estimate of drug-likeness (QED) is 0.556. The van der Waals surface area contributed by atoms with Crippen molar-refractivity contribution >= 4 is 16.2 Å². The summed E-state index contributed by atoms with van der Waals surface area (Å²) in [6.45, 7) is 0.950. The third kappa shape index (κ3) is 8.34. The smallest absolute Gasteiger partial charge is 0.320 e. The van der Waals surface area contributed by atoms with Crippen LogP contribution in [0, 0.1) is 0 Å². The number of rotatable bonds is 7. The van der Waals surface area contributed by atoms with Gasteiger partial charge in [-0.2, -0.15) is 10.2 Å². The number of hydrogen-bond acceptors (Lipinski definition) is 3. The molecule has 0 heterocycles. The van der Waals surface area contributed by atoms with Gasteiger partial charge in [-0.15, -0.1) is 0 Å². The molecule has 0 aromatic heterocycles. The molecule has 0 saturated carbocycles. The van der Waals surface area contributed by atoms with Gasteiger partial charge in [0.25, 0.3) is 0 Å². The Hall–Kier alpha value is -0.260. The lowest BCUT2D eigenvalue weighted by Crippen LogP contribution is -2.30. The summed E-state index contributed by atoms with van der Waals surface area (Å²) < 4.78 is 3.42. The van der Waals surface area contributed by atoms with E-state index in [0.717, 1.165) is 19.4 Å². The highest BCUT2D eigenvalue weighted by molar-refractivity contribution is 8.30. The Bertz CT molecular complexity index is 180. The summed E-state index contributed by atoms with van der Waals surface area (Å²) >= 11 is 0. The molecule has 0 saturated heterocycles. The van der Waals surface area contributed by atoms with Gasteiger partial charge < -0.3 is 10.8 Å². The number of carbonyl (C=O) groups is 1. The van der Waals surface area contributed by atoms with E-state index in [2.05, 4.69) is 23.5 Å². The van der Waals surface area contributed by atoms with Crippen molar-refractivity contribution < 1.29 is 9.90 Å². The van der Waals surface area contributed by atoms with Crippen LogP contribution in [0.5, 0.6) is 0 Å². The van der Waals surface area contributed by atoms with E-state index in [0.29, 0.717) is 6.42 Å². The molecule has 4 N–H and O–H groups in total. The molecule has 0 aliphatic rings. The van der Waals surface area contributed by atoms with E-state index in [4.69, 9.17) is 10.8 Å². The van der Waals surface area contributed by atoms with Crippen molar-refractivity contribution in [3.63, 3.8) is 0 Å². The molecule has 0 aromatic rings. The van der Waals surface area contributed by atoms with E-state index >= 15 is 0 Å². The molecule has 0 spiro atoms. The average molecular weight is 222 g/mol. The number of carboxylic acids is 1. The lowest BCUT2D eigenvalue weighted by Gasteiger charge is -2.26. The van der Waals surface area contributed by atoms with Crippen LogP contribution in [0.2, 0.25) is 0 Å². The molecule has 86 valence electrons. The molecule has 0 aliphatic heterocycles. The molecule has 14 heavy (non-hydrogen) atoms. The van der Waals surface area contributed by atoms with E-state index in [1.165, 1.54) is 0 Å². The van der Waals surface area contributed by atoms with Gasteiger partial charge in [0, 0.05) is 6.54 Å². The van der Waals surface area contributed by atoms with Gasteiger partial charge in [0.2, 0.25) is 0 Å². The summed E-state index contributed by atoms with van der Waals surface area (Å²) in [6.07, 6.45) is 9.00. The van der Waals surface area contributed by atoms with Crippen LogP contribution in [0.3, 0.4) is 0 Å². The van der Waals surface area contributed by atoms with Crippen LogP contribution in [0.15, 0.2) is 0 Å². The van der Waals surface area contributed by atoms with Crippen LogP contribution < -0.4 is 10.5 Å². The molecule has 1 unspecified atom stereocenters. The van der Waals surface area contributed by atoms with Crippen molar-refractivity contribution in [2.75, 3.05) is 25.3 Å². The van der Waals surface area contributed by atoms with Crippen molar-refractivity contribution in [3.8, 4) is 0 Å². The number of unbranched alkanes of at least 4 members (excludes halogenated alkanes) is 1. The van der Waals surface area contributed by atoms with Gasteiger partial charge in [0.1, 0.15) is 6.04 Å². The maximum atomic E-state index is 10.4. The van der Waals surface area contributed by atoms with Crippen molar-refractivity contribution in [3.05, 3.63) is 0 Å². The van der Waals surface area contributed by atoms with Gasteiger partial charge in [0.15, 0.2) is 0 Å². The van der Waals surface area contributed by atoms with Crippen LogP contribution in [-0.2, 0) is 4.79 Å². The Kier molecular flexibility index (Phi) is 6.15. The van der Waals surface area contributed by atoms with Crippen molar-refractivity contribution in [1.29, 1.82) is 0 Å². The maximum absolute atomic E-state index is 10.4. The van der Waals surface area contributed by atoms with Gasteiger partial charge >= 0.3 is 5.97 Å². The Morgan fingerprint density at radius 2 is 2.00 bits per heavy atom. The van der Waals surface area contributed by atoms with Crippen molar-refractivity contribution in [2.24, 2.45) is 5.73 Å². The monoisotopic (exact) mass is 222 g/mol. The number of nitrogens with two attached hydrogens (primary N) is 1. The first-order valence-electron chi connectivity index (χ1n) is 4.74. The number of aliphatic carboxylic acids is 1. The minimum absolute atomic E-state index is 0.566. The van der Waals surface area contributed by atoms with E-state index in [1.54, 1.807) is 0 Å². The standard InChI is InChI=1S/C9H22N2O2S/c1-14(2,3)11-7-5-4-6-8(10)9(12)13/h8,11H,4-7,10H2,1-3H3,(H,12,13). The molecule has 4 nitrogen and oxygen atoms in total. The third-order valence-corrected chi connectivity index (χ3v) is 2.86. The first-order valence-corrected chi connectivity index (χ1v) is 7.60. The van der Waals surface area contributed by atoms with Crippen LogP contribution in [0.1, 0.15) is 19.3 Å². The summed E-state index contributed by atoms with van der Waals surface area (Å²) in [5, 5.41) is 8.53. The van der Waals surface area contributed by atoms with Crippen LogP contribution in [0.25, 0.3) is 0 Å². The molecule has 0 aromatic carbocycles. The highest BCUT2D eigenvalue weighted by atomic mass is 32.3. The Balaban J connectivity index is 3.35. The van der Waals surface area contributed by atoms with E-state index in [9.17, 15) is 4.79 Å². The normalized spacial score (nSPS) is 15.1. The molecular weight excluding hydrogens is 200 g/mol. The predicted octanol–water partition coefficient (Wildman–Crippen LogP) is 0.767. The molecule has 0 radical (unpaired) electrons. The number of carboxylic acid groups (broad SMARTS) is 1.